The van der Waals surface area contributed by atoms with Gasteiger partial charge in [-0.2, -0.15) is 0 Å². The Balaban J connectivity index is 2.11. The lowest BCUT2D eigenvalue weighted by Gasteiger charge is -2.08. The van der Waals surface area contributed by atoms with Crippen LogP contribution in [0.15, 0.2) is 52.5 Å². The highest BCUT2D eigenvalue weighted by atomic mass is 35.5. The molecule has 0 bridgehead atoms. The molecule has 2 aromatic carbocycles. The van der Waals surface area contributed by atoms with Crippen LogP contribution in [0.2, 0.25) is 5.02 Å². The van der Waals surface area contributed by atoms with Crippen molar-refractivity contribution in [3.05, 3.63) is 64.2 Å². The minimum atomic E-state index is 0.127. The zero-order chi connectivity index (χ0) is 14.5. The zero-order valence-corrected chi connectivity index (χ0v) is 12.6. The molecule has 0 heterocycles. The van der Waals surface area contributed by atoms with Gasteiger partial charge in [0.15, 0.2) is 5.84 Å². The molecule has 0 unspecified atom stereocenters. The number of benzene rings is 2. The van der Waals surface area contributed by atoms with Crippen molar-refractivity contribution in [3.63, 3.8) is 0 Å². The molecule has 20 heavy (non-hydrogen) atoms. The van der Waals surface area contributed by atoms with Crippen LogP contribution >= 0.6 is 23.4 Å². The summed E-state index contributed by atoms with van der Waals surface area (Å²) in [6.45, 7) is 2.02. The largest absolute Gasteiger partial charge is 0.409 e. The Hall–Kier alpha value is -1.65. The minimum Gasteiger partial charge on any atom is -0.409 e. The van der Waals surface area contributed by atoms with Gasteiger partial charge in [0.2, 0.25) is 0 Å². The zero-order valence-electron chi connectivity index (χ0n) is 11.0. The Morgan fingerprint density at radius 2 is 2.10 bits per heavy atom. The van der Waals surface area contributed by atoms with Gasteiger partial charge in [-0.25, -0.2) is 0 Å². The van der Waals surface area contributed by atoms with E-state index < -0.39 is 0 Å². The van der Waals surface area contributed by atoms with E-state index >= 15 is 0 Å². The maximum Gasteiger partial charge on any atom is 0.170 e. The van der Waals surface area contributed by atoms with E-state index in [2.05, 4.69) is 5.16 Å². The molecular formula is C15H15ClN2OS. The molecular weight excluding hydrogens is 292 g/mol. The molecule has 0 fully saturated rings. The molecule has 2 aromatic rings. The Kier molecular flexibility index (Phi) is 4.93. The van der Waals surface area contributed by atoms with Crippen LogP contribution in [0.5, 0.6) is 0 Å². The van der Waals surface area contributed by atoms with Crippen LogP contribution in [0, 0.1) is 6.92 Å². The van der Waals surface area contributed by atoms with Gasteiger partial charge in [-0.15, -0.1) is 11.8 Å². The number of halogens is 1. The van der Waals surface area contributed by atoms with Crippen molar-refractivity contribution in [3.8, 4) is 0 Å². The van der Waals surface area contributed by atoms with E-state index in [0.29, 0.717) is 0 Å². The topological polar surface area (TPSA) is 58.6 Å². The van der Waals surface area contributed by atoms with Gasteiger partial charge in [-0.1, -0.05) is 35.0 Å². The van der Waals surface area contributed by atoms with Crippen molar-refractivity contribution in [2.45, 2.75) is 17.6 Å². The highest BCUT2D eigenvalue weighted by Gasteiger charge is 2.04. The summed E-state index contributed by atoms with van der Waals surface area (Å²) < 4.78 is 0. The molecule has 0 aromatic heterocycles. The van der Waals surface area contributed by atoms with Gasteiger partial charge in [0.25, 0.3) is 0 Å². The lowest BCUT2D eigenvalue weighted by Crippen LogP contribution is -2.13. The van der Waals surface area contributed by atoms with Crippen molar-refractivity contribution in [2.75, 3.05) is 0 Å². The highest BCUT2D eigenvalue weighted by Crippen LogP contribution is 2.26. The van der Waals surface area contributed by atoms with E-state index in [1.807, 2.05) is 49.4 Å². The second-order valence-electron chi connectivity index (χ2n) is 4.37. The first-order chi connectivity index (χ1) is 9.60. The molecule has 0 aliphatic rings. The molecule has 0 saturated heterocycles. The molecule has 0 aliphatic carbocycles. The van der Waals surface area contributed by atoms with Gasteiger partial charge in [0, 0.05) is 21.2 Å². The summed E-state index contributed by atoms with van der Waals surface area (Å²) in [5.74, 6) is 0.977. The predicted octanol–water partition coefficient (Wildman–Crippen LogP) is 4.04. The molecule has 0 aliphatic heterocycles. The average molecular weight is 307 g/mol. The van der Waals surface area contributed by atoms with E-state index in [0.717, 1.165) is 26.8 Å². The summed E-state index contributed by atoms with van der Waals surface area (Å²) in [7, 11) is 0. The molecule has 0 radical (unpaired) electrons. The van der Waals surface area contributed by atoms with E-state index in [1.165, 1.54) is 5.56 Å². The number of amidine groups is 1. The number of hydrogen-bond donors (Lipinski definition) is 2. The minimum absolute atomic E-state index is 0.127. The van der Waals surface area contributed by atoms with E-state index in [1.54, 1.807) is 11.8 Å². The maximum absolute atomic E-state index is 8.67. The van der Waals surface area contributed by atoms with Crippen LogP contribution < -0.4 is 5.73 Å². The number of oxime groups is 1. The Labute approximate surface area is 127 Å². The van der Waals surface area contributed by atoms with Gasteiger partial charge in [0.1, 0.15) is 0 Å². The van der Waals surface area contributed by atoms with Crippen LogP contribution in [0.1, 0.15) is 16.7 Å². The Morgan fingerprint density at radius 3 is 2.75 bits per heavy atom. The maximum atomic E-state index is 8.67. The SMILES string of the molecule is Cc1cc(/C(N)=N/O)ccc1CSc1cccc(Cl)c1. The fourth-order valence-corrected chi connectivity index (χ4v) is 3.08. The summed E-state index contributed by atoms with van der Waals surface area (Å²) >= 11 is 7.69. The third-order valence-electron chi connectivity index (χ3n) is 2.94. The monoisotopic (exact) mass is 306 g/mol. The molecule has 0 atom stereocenters. The number of nitrogens with two attached hydrogens (primary N) is 1. The van der Waals surface area contributed by atoms with Gasteiger partial charge < -0.3 is 10.9 Å². The van der Waals surface area contributed by atoms with Crippen molar-refractivity contribution in [1.29, 1.82) is 0 Å². The number of nitrogens with zero attached hydrogens (tertiary/aromatic N) is 1. The summed E-state index contributed by atoms with van der Waals surface area (Å²) in [6.07, 6.45) is 0. The van der Waals surface area contributed by atoms with Gasteiger partial charge in [0.05, 0.1) is 0 Å². The molecule has 0 spiro atoms. The van der Waals surface area contributed by atoms with Crippen LogP contribution in [-0.2, 0) is 5.75 Å². The lowest BCUT2D eigenvalue weighted by molar-refractivity contribution is 0.318. The summed E-state index contributed by atoms with van der Waals surface area (Å²) in [5.41, 5.74) is 8.63. The van der Waals surface area contributed by atoms with Crippen LogP contribution in [0.4, 0.5) is 0 Å². The van der Waals surface area contributed by atoms with Gasteiger partial charge in [-0.3, -0.25) is 0 Å². The van der Waals surface area contributed by atoms with Crippen molar-refractivity contribution >= 4 is 29.2 Å². The van der Waals surface area contributed by atoms with Crippen molar-refractivity contribution in [2.24, 2.45) is 10.9 Å². The van der Waals surface area contributed by atoms with Gasteiger partial charge in [-0.05, 0) is 42.3 Å². The standard InChI is InChI=1S/C15H15ClN2OS/c1-10-7-11(15(17)18-19)5-6-12(10)9-20-14-4-2-3-13(16)8-14/h2-8,19H,9H2,1H3,(H2,17,18). The van der Waals surface area contributed by atoms with E-state index in [4.69, 9.17) is 22.5 Å². The third-order valence-corrected chi connectivity index (χ3v) is 4.21. The average Bonchev–Trinajstić information content (AvgIpc) is 2.45. The van der Waals surface area contributed by atoms with Gasteiger partial charge >= 0.3 is 0 Å². The third kappa shape index (κ3) is 3.68. The van der Waals surface area contributed by atoms with Crippen molar-refractivity contribution < 1.29 is 5.21 Å². The lowest BCUT2D eigenvalue weighted by atomic mass is 10.1. The Morgan fingerprint density at radius 1 is 1.30 bits per heavy atom. The highest BCUT2D eigenvalue weighted by molar-refractivity contribution is 7.98. The first kappa shape index (κ1) is 14.8. The fraction of sp³-hybridized carbons (Fsp3) is 0.133. The second-order valence-corrected chi connectivity index (χ2v) is 5.86. The second kappa shape index (κ2) is 6.68. The van der Waals surface area contributed by atoms with E-state index in [-0.39, 0.29) is 5.84 Å². The number of hydrogen-bond acceptors (Lipinski definition) is 3. The van der Waals surface area contributed by atoms with E-state index in [9.17, 15) is 0 Å². The quantitative estimate of drug-likeness (QED) is 0.295. The number of rotatable bonds is 4. The molecule has 3 N–H and O–H groups in total. The Bertz CT molecular complexity index is 644. The normalized spacial score (nSPS) is 11.6. The predicted molar refractivity (Wildman–Crippen MR) is 84.7 cm³/mol. The van der Waals surface area contributed by atoms with Crippen LogP contribution in [0.3, 0.4) is 0 Å². The summed E-state index contributed by atoms with van der Waals surface area (Å²) in [4.78, 5) is 1.14. The smallest absolute Gasteiger partial charge is 0.170 e. The van der Waals surface area contributed by atoms with Crippen LogP contribution in [0.25, 0.3) is 0 Å². The summed E-state index contributed by atoms with van der Waals surface area (Å²) in [5, 5.41) is 12.4. The molecule has 5 heteroatoms. The summed E-state index contributed by atoms with van der Waals surface area (Å²) in [6, 6.07) is 13.6. The van der Waals surface area contributed by atoms with Crippen LogP contribution in [-0.4, -0.2) is 11.0 Å². The number of aryl methyl sites for hydroxylation is 1. The van der Waals surface area contributed by atoms with Crippen molar-refractivity contribution in [1.82, 2.24) is 0 Å². The molecule has 2 rings (SSSR count). The number of thioether (sulfide) groups is 1. The fourth-order valence-electron chi connectivity index (χ4n) is 1.79. The first-order valence-electron chi connectivity index (χ1n) is 6.06. The molecule has 104 valence electrons. The molecule has 3 nitrogen and oxygen atoms in total. The first-order valence-corrected chi connectivity index (χ1v) is 7.42. The molecule has 0 saturated carbocycles. The molecule has 0 amide bonds.